The van der Waals surface area contributed by atoms with Crippen LogP contribution in [0.1, 0.15) is 21.7 Å². The molecule has 2 amide bonds. The molecule has 0 saturated carbocycles. The van der Waals surface area contributed by atoms with Crippen LogP contribution < -0.4 is 10.6 Å². The van der Waals surface area contributed by atoms with Crippen molar-refractivity contribution in [3.63, 3.8) is 0 Å². The average molecular weight is 307 g/mol. The van der Waals surface area contributed by atoms with E-state index in [0.717, 1.165) is 5.69 Å². The van der Waals surface area contributed by atoms with Crippen LogP contribution in [0.15, 0.2) is 24.3 Å². The fourth-order valence-corrected chi connectivity index (χ4v) is 1.92. The van der Waals surface area contributed by atoms with Crippen LogP contribution in [0.25, 0.3) is 0 Å². The number of hydrogen-bond donors (Lipinski definition) is 3. The number of hydrogen-bond acceptors (Lipinski definition) is 3. The highest BCUT2D eigenvalue weighted by Gasteiger charge is 2.12. The van der Waals surface area contributed by atoms with Crippen molar-refractivity contribution in [1.29, 1.82) is 0 Å². The highest BCUT2D eigenvalue weighted by molar-refractivity contribution is 6.29. The first-order valence-electron chi connectivity index (χ1n) is 6.30. The number of carbonyl (C=O) groups is 2. The SMILES string of the molecule is Cc1n[nH]c(C)c1NC(=O)c1cccc(NC(=O)CCl)c1. The maximum atomic E-state index is 12.2. The molecule has 2 aromatic rings. The summed E-state index contributed by atoms with van der Waals surface area (Å²) in [6, 6.07) is 6.63. The third-order valence-corrected chi connectivity index (χ3v) is 3.14. The summed E-state index contributed by atoms with van der Waals surface area (Å²) in [5.74, 6) is -0.732. The summed E-state index contributed by atoms with van der Waals surface area (Å²) in [7, 11) is 0. The van der Waals surface area contributed by atoms with Crippen LogP contribution in [0.2, 0.25) is 0 Å². The standard InChI is InChI=1S/C14H15ClN4O2/c1-8-13(9(2)19-18-8)17-14(21)10-4-3-5-11(6-10)16-12(20)7-15/h3-6H,7H2,1-2H3,(H,16,20)(H,17,21)(H,18,19). The molecule has 0 saturated heterocycles. The molecule has 0 radical (unpaired) electrons. The number of carbonyl (C=O) groups excluding carboxylic acids is 2. The van der Waals surface area contributed by atoms with Gasteiger partial charge >= 0.3 is 0 Å². The normalized spacial score (nSPS) is 10.2. The number of aromatic amines is 1. The monoisotopic (exact) mass is 306 g/mol. The highest BCUT2D eigenvalue weighted by atomic mass is 35.5. The molecule has 1 heterocycles. The van der Waals surface area contributed by atoms with Crippen LogP contribution in [0, 0.1) is 13.8 Å². The number of benzene rings is 1. The Morgan fingerprint density at radius 3 is 2.67 bits per heavy atom. The zero-order chi connectivity index (χ0) is 15.4. The lowest BCUT2D eigenvalue weighted by molar-refractivity contribution is -0.113. The van der Waals surface area contributed by atoms with E-state index in [1.165, 1.54) is 0 Å². The van der Waals surface area contributed by atoms with Gasteiger partial charge in [-0.3, -0.25) is 14.7 Å². The molecule has 0 bridgehead atoms. The van der Waals surface area contributed by atoms with E-state index >= 15 is 0 Å². The molecule has 0 fully saturated rings. The van der Waals surface area contributed by atoms with Crippen molar-refractivity contribution in [2.24, 2.45) is 0 Å². The molecular weight excluding hydrogens is 292 g/mol. The Labute approximate surface area is 126 Å². The molecule has 0 aliphatic rings. The van der Waals surface area contributed by atoms with Crippen molar-refractivity contribution in [2.45, 2.75) is 13.8 Å². The molecule has 110 valence electrons. The van der Waals surface area contributed by atoms with E-state index in [4.69, 9.17) is 11.6 Å². The van der Waals surface area contributed by atoms with Crippen LogP contribution >= 0.6 is 11.6 Å². The number of nitrogens with zero attached hydrogens (tertiary/aromatic N) is 1. The van der Waals surface area contributed by atoms with Crippen molar-refractivity contribution in [1.82, 2.24) is 10.2 Å². The van der Waals surface area contributed by atoms with Gasteiger partial charge < -0.3 is 10.6 Å². The smallest absolute Gasteiger partial charge is 0.255 e. The topological polar surface area (TPSA) is 86.9 Å². The predicted octanol–water partition coefficient (Wildman–Crippen LogP) is 2.46. The Morgan fingerprint density at radius 1 is 1.29 bits per heavy atom. The summed E-state index contributed by atoms with van der Waals surface area (Å²) < 4.78 is 0. The maximum Gasteiger partial charge on any atom is 0.255 e. The number of H-pyrrole nitrogens is 1. The van der Waals surface area contributed by atoms with Gasteiger partial charge in [-0.25, -0.2) is 0 Å². The van der Waals surface area contributed by atoms with E-state index in [9.17, 15) is 9.59 Å². The Bertz CT molecular complexity index is 662. The van der Waals surface area contributed by atoms with Gasteiger partial charge in [-0.15, -0.1) is 11.6 Å². The quantitative estimate of drug-likeness (QED) is 0.758. The van der Waals surface area contributed by atoms with Crippen LogP contribution in [0.4, 0.5) is 11.4 Å². The van der Waals surface area contributed by atoms with Gasteiger partial charge in [-0.2, -0.15) is 5.10 Å². The first-order chi connectivity index (χ1) is 10.0. The van der Waals surface area contributed by atoms with E-state index in [1.54, 1.807) is 31.2 Å². The van der Waals surface area contributed by atoms with Gasteiger partial charge in [0.2, 0.25) is 5.91 Å². The average Bonchev–Trinajstić information content (AvgIpc) is 2.79. The molecule has 3 N–H and O–H groups in total. The number of nitrogens with one attached hydrogen (secondary N) is 3. The van der Waals surface area contributed by atoms with Crippen molar-refractivity contribution in [3.8, 4) is 0 Å². The van der Waals surface area contributed by atoms with Gasteiger partial charge in [0.1, 0.15) is 5.88 Å². The van der Waals surface area contributed by atoms with Gasteiger partial charge in [0, 0.05) is 11.3 Å². The number of aryl methyl sites for hydroxylation is 2. The molecule has 7 heteroatoms. The van der Waals surface area contributed by atoms with Gasteiger partial charge in [0.15, 0.2) is 0 Å². The van der Waals surface area contributed by atoms with Crippen molar-refractivity contribution in [2.75, 3.05) is 16.5 Å². The van der Waals surface area contributed by atoms with Gasteiger partial charge in [-0.1, -0.05) is 6.07 Å². The summed E-state index contributed by atoms with van der Waals surface area (Å²) in [5, 5.41) is 12.2. The molecule has 0 spiro atoms. The van der Waals surface area contributed by atoms with Crippen LogP contribution in [0.3, 0.4) is 0 Å². The lowest BCUT2D eigenvalue weighted by atomic mass is 10.1. The van der Waals surface area contributed by atoms with Crippen molar-refractivity contribution < 1.29 is 9.59 Å². The zero-order valence-corrected chi connectivity index (χ0v) is 12.4. The first kappa shape index (κ1) is 15.1. The second kappa shape index (κ2) is 6.41. The first-order valence-corrected chi connectivity index (χ1v) is 6.83. The van der Waals surface area contributed by atoms with E-state index in [1.807, 2.05) is 6.92 Å². The molecule has 1 aromatic carbocycles. The van der Waals surface area contributed by atoms with E-state index < -0.39 is 0 Å². The molecule has 1 aromatic heterocycles. The minimum atomic E-state index is -0.323. The fourth-order valence-electron chi connectivity index (χ4n) is 1.85. The molecule has 0 unspecified atom stereocenters. The molecule has 6 nitrogen and oxygen atoms in total. The predicted molar refractivity (Wildman–Crippen MR) is 81.8 cm³/mol. The number of anilines is 2. The second-order valence-electron chi connectivity index (χ2n) is 4.53. The Balaban J connectivity index is 2.16. The summed E-state index contributed by atoms with van der Waals surface area (Å²) in [6.45, 7) is 3.63. The fraction of sp³-hybridized carbons (Fsp3) is 0.214. The third kappa shape index (κ3) is 3.61. The highest BCUT2D eigenvalue weighted by Crippen LogP contribution is 2.18. The van der Waals surface area contributed by atoms with E-state index in [-0.39, 0.29) is 17.7 Å². The third-order valence-electron chi connectivity index (χ3n) is 2.90. The number of halogens is 1. The van der Waals surface area contributed by atoms with Crippen LogP contribution in [-0.2, 0) is 4.79 Å². The molecule has 0 atom stereocenters. The summed E-state index contributed by atoms with van der Waals surface area (Å²) in [5.41, 5.74) is 3.12. The molecular formula is C14H15ClN4O2. The molecule has 2 rings (SSSR count). The van der Waals surface area contributed by atoms with E-state index in [0.29, 0.717) is 22.6 Å². The number of rotatable bonds is 4. The van der Waals surface area contributed by atoms with Gasteiger partial charge in [0.25, 0.3) is 5.91 Å². The van der Waals surface area contributed by atoms with Crippen molar-refractivity contribution >= 4 is 34.8 Å². The summed E-state index contributed by atoms with van der Waals surface area (Å²) in [4.78, 5) is 23.5. The minimum absolute atomic E-state index is 0.135. The largest absolute Gasteiger partial charge is 0.325 e. The van der Waals surface area contributed by atoms with Gasteiger partial charge in [-0.05, 0) is 32.0 Å². The molecule has 21 heavy (non-hydrogen) atoms. The van der Waals surface area contributed by atoms with E-state index in [2.05, 4.69) is 20.8 Å². The Kier molecular flexibility index (Phi) is 4.59. The second-order valence-corrected chi connectivity index (χ2v) is 4.79. The Morgan fingerprint density at radius 2 is 2.05 bits per heavy atom. The van der Waals surface area contributed by atoms with Gasteiger partial charge in [0.05, 0.1) is 17.1 Å². The maximum absolute atomic E-state index is 12.2. The van der Waals surface area contributed by atoms with Crippen molar-refractivity contribution in [3.05, 3.63) is 41.2 Å². The lowest BCUT2D eigenvalue weighted by Crippen LogP contribution is -2.15. The summed E-state index contributed by atoms with van der Waals surface area (Å²) in [6.07, 6.45) is 0. The van der Waals surface area contributed by atoms with Crippen LogP contribution in [-0.4, -0.2) is 27.9 Å². The molecule has 0 aliphatic carbocycles. The van der Waals surface area contributed by atoms with Crippen LogP contribution in [0.5, 0.6) is 0 Å². The zero-order valence-electron chi connectivity index (χ0n) is 11.7. The number of aromatic nitrogens is 2. The number of alkyl halides is 1. The lowest BCUT2D eigenvalue weighted by Gasteiger charge is -2.08. The Hall–Kier alpha value is -2.34. The number of amides is 2. The minimum Gasteiger partial charge on any atom is -0.325 e. The molecule has 0 aliphatic heterocycles. The summed E-state index contributed by atoms with van der Waals surface area (Å²) >= 11 is 5.43.